The van der Waals surface area contributed by atoms with Gasteiger partial charge in [-0.05, 0) is 74.6 Å². The molecule has 2 aromatic rings. The minimum atomic E-state index is -4.10. The minimum Gasteiger partial charge on any atom is -0.508 e. The third-order valence-electron chi connectivity index (χ3n) is 8.06. The number of nitrogens with one attached hydrogen (secondary N) is 1. The lowest BCUT2D eigenvalue weighted by molar-refractivity contribution is -0.113. The zero-order chi connectivity index (χ0) is 36.5. The molecule has 4 rings (SSSR count). The third kappa shape index (κ3) is 11.0. The van der Waals surface area contributed by atoms with Crippen molar-refractivity contribution in [2.24, 2.45) is 11.8 Å². The van der Waals surface area contributed by atoms with E-state index in [2.05, 4.69) is 5.32 Å². The predicted molar refractivity (Wildman–Crippen MR) is 180 cm³/mol. The van der Waals surface area contributed by atoms with Gasteiger partial charge in [0.1, 0.15) is 30.0 Å². The Balaban J connectivity index is 1.51. The largest absolute Gasteiger partial charge is 0.508 e. The van der Waals surface area contributed by atoms with Gasteiger partial charge in [0.25, 0.3) is 0 Å². The molecule has 7 atom stereocenters. The van der Waals surface area contributed by atoms with E-state index in [-0.39, 0.29) is 55.2 Å². The first-order valence-electron chi connectivity index (χ1n) is 16.5. The van der Waals surface area contributed by atoms with E-state index in [1.54, 1.807) is 31.2 Å². The van der Waals surface area contributed by atoms with Crippen LogP contribution in [0, 0.1) is 11.8 Å². The van der Waals surface area contributed by atoms with Gasteiger partial charge < -0.3 is 43.8 Å². The molecule has 1 unspecified atom stereocenters. The SMILES string of the molecule is CCOP(=O)(COc1ccc(C[C@H](NC(=O)O[C@H]2CO[C@H]3OCC[C@H]32)[C@H](O)CN(CC(C)C)S(=O)(=O)c2ccc(O)cc2)cc1)O[C@@H](C)C=O. The highest BCUT2D eigenvalue weighted by atomic mass is 32.2. The summed E-state index contributed by atoms with van der Waals surface area (Å²) < 4.78 is 74.4. The van der Waals surface area contributed by atoms with Crippen molar-refractivity contribution in [3.8, 4) is 11.5 Å². The Kier molecular flexibility index (Phi) is 14.2. The van der Waals surface area contributed by atoms with Crippen LogP contribution in [0.3, 0.4) is 0 Å². The summed E-state index contributed by atoms with van der Waals surface area (Å²) in [6, 6.07) is 10.6. The van der Waals surface area contributed by atoms with Crippen LogP contribution in [-0.2, 0) is 49.1 Å². The molecule has 0 saturated carbocycles. The molecule has 278 valence electrons. The molecule has 0 spiro atoms. The second-order valence-corrected chi connectivity index (χ2v) is 16.5. The van der Waals surface area contributed by atoms with Crippen LogP contribution in [0.1, 0.15) is 39.7 Å². The highest BCUT2D eigenvalue weighted by Gasteiger charge is 2.44. The van der Waals surface area contributed by atoms with E-state index in [0.29, 0.717) is 30.6 Å². The highest BCUT2D eigenvalue weighted by Crippen LogP contribution is 2.49. The normalized spacial score (nSPS) is 22.0. The average molecular weight is 743 g/mol. The van der Waals surface area contributed by atoms with Crippen molar-refractivity contribution in [2.75, 3.05) is 39.3 Å². The summed E-state index contributed by atoms with van der Waals surface area (Å²) in [4.78, 5) is 24.2. The fraction of sp³-hybridized carbons (Fsp3) is 0.576. The Morgan fingerprint density at radius 1 is 1.10 bits per heavy atom. The monoisotopic (exact) mass is 742 g/mol. The van der Waals surface area contributed by atoms with Crippen LogP contribution in [0.5, 0.6) is 11.5 Å². The summed E-state index contributed by atoms with van der Waals surface area (Å²) in [5.41, 5.74) is 0.644. The summed E-state index contributed by atoms with van der Waals surface area (Å²) in [5.74, 6) is 0.00909. The number of phenolic OH excluding ortho intramolecular Hbond substituents is 1. The molecule has 0 radical (unpaired) electrons. The number of nitrogens with zero attached hydrogens (tertiary/aromatic N) is 1. The van der Waals surface area contributed by atoms with Gasteiger partial charge in [0.05, 0.1) is 42.8 Å². The van der Waals surface area contributed by atoms with E-state index >= 15 is 0 Å². The van der Waals surface area contributed by atoms with Gasteiger partial charge in [-0.1, -0.05) is 26.0 Å². The molecule has 17 heteroatoms. The first kappa shape index (κ1) is 39.7. The Morgan fingerprint density at radius 2 is 1.80 bits per heavy atom. The van der Waals surface area contributed by atoms with E-state index in [1.807, 2.05) is 13.8 Å². The van der Waals surface area contributed by atoms with Gasteiger partial charge in [-0.2, -0.15) is 4.31 Å². The number of aliphatic hydroxyl groups excluding tert-OH is 1. The van der Waals surface area contributed by atoms with Gasteiger partial charge in [-0.25, -0.2) is 13.2 Å². The van der Waals surface area contributed by atoms with Crippen molar-refractivity contribution in [3.63, 3.8) is 0 Å². The Hall–Kier alpha value is -3.08. The fourth-order valence-electron chi connectivity index (χ4n) is 5.64. The number of carbonyl (C=O) groups is 2. The van der Waals surface area contributed by atoms with E-state index in [1.165, 1.54) is 31.2 Å². The summed E-state index contributed by atoms with van der Waals surface area (Å²) in [6.45, 7) is 7.22. The van der Waals surface area contributed by atoms with Crippen LogP contribution in [0.25, 0.3) is 0 Å². The molecule has 0 aromatic heterocycles. The summed E-state index contributed by atoms with van der Waals surface area (Å²) >= 11 is 0. The van der Waals surface area contributed by atoms with Crippen molar-refractivity contribution >= 4 is 30.0 Å². The summed E-state index contributed by atoms with van der Waals surface area (Å²) in [6.07, 6.45) is -3.33. The number of hydrogen-bond donors (Lipinski definition) is 3. The second-order valence-electron chi connectivity index (χ2n) is 12.6. The van der Waals surface area contributed by atoms with Crippen LogP contribution in [0.15, 0.2) is 53.4 Å². The first-order valence-corrected chi connectivity index (χ1v) is 19.7. The molecule has 2 heterocycles. The summed E-state index contributed by atoms with van der Waals surface area (Å²) in [7, 11) is -7.83. The van der Waals surface area contributed by atoms with Crippen LogP contribution in [-0.4, -0.2) is 105 Å². The molecule has 3 N–H and O–H groups in total. The molecular weight excluding hydrogens is 695 g/mol. The maximum absolute atomic E-state index is 13.7. The number of aldehydes is 1. The lowest BCUT2D eigenvalue weighted by Gasteiger charge is -2.31. The molecule has 2 aliphatic rings. The second kappa shape index (κ2) is 17.9. The van der Waals surface area contributed by atoms with Gasteiger partial charge in [0, 0.05) is 13.1 Å². The van der Waals surface area contributed by atoms with Gasteiger partial charge in [0.2, 0.25) is 10.0 Å². The fourth-order valence-corrected chi connectivity index (χ4v) is 8.71. The molecule has 2 aromatic carbocycles. The third-order valence-corrected chi connectivity index (χ3v) is 11.7. The Labute approximate surface area is 292 Å². The van der Waals surface area contributed by atoms with Crippen LogP contribution >= 0.6 is 7.60 Å². The van der Waals surface area contributed by atoms with Gasteiger partial charge in [0.15, 0.2) is 12.6 Å². The number of aliphatic hydroxyl groups is 1. The Morgan fingerprint density at radius 3 is 2.44 bits per heavy atom. The number of rotatable bonds is 19. The molecule has 50 heavy (non-hydrogen) atoms. The topological polar surface area (TPSA) is 196 Å². The van der Waals surface area contributed by atoms with E-state index in [4.69, 9.17) is 28.0 Å². The molecule has 1 amide bonds. The molecule has 15 nitrogen and oxygen atoms in total. The number of fused-ring (bicyclic) bond motifs is 1. The van der Waals surface area contributed by atoms with Crippen molar-refractivity contribution < 1.29 is 60.8 Å². The van der Waals surface area contributed by atoms with Crippen molar-refractivity contribution in [1.82, 2.24) is 9.62 Å². The Bertz CT molecular complexity index is 1560. The van der Waals surface area contributed by atoms with Gasteiger partial charge in [-0.3, -0.25) is 9.09 Å². The number of aromatic hydroxyl groups is 1. The number of ether oxygens (including phenoxy) is 4. The van der Waals surface area contributed by atoms with Crippen LogP contribution in [0.4, 0.5) is 4.79 Å². The lowest BCUT2D eigenvalue weighted by atomic mass is 10.0. The zero-order valence-corrected chi connectivity index (χ0v) is 30.3. The smallest absolute Gasteiger partial charge is 0.407 e. The molecule has 2 aliphatic heterocycles. The number of hydrogen-bond acceptors (Lipinski definition) is 13. The number of benzene rings is 2. The van der Waals surface area contributed by atoms with Crippen LogP contribution < -0.4 is 10.1 Å². The standard InChI is InChI=1S/C33H47N2O13PS/c1-5-46-49(40,48-23(4)19-36)21-45-26-10-6-24(7-11-26)16-29(34-33(39)47-31-20-44-32-28(31)14-15-43-32)30(38)18-35(17-22(2)3)50(41,42)27-12-8-25(37)9-13-27/h6-13,19,22-23,28-32,37-38H,5,14-18,20-21H2,1-4H3,(H,34,39)/t23-,28-,29-,30+,31-,32+,49?/m0/s1. The van der Waals surface area contributed by atoms with Crippen molar-refractivity contribution in [1.29, 1.82) is 0 Å². The van der Waals surface area contributed by atoms with Crippen molar-refractivity contribution in [2.45, 2.75) is 76.1 Å². The van der Waals surface area contributed by atoms with E-state index < -0.39 is 60.7 Å². The zero-order valence-electron chi connectivity index (χ0n) is 28.6. The predicted octanol–water partition coefficient (Wildman–Crippen LogP) is 3.67. The van der Waals surface area contributed by atoms with Gasteiger partial charge in [-0.15, -0.1) is 0 Å². The maximum atomic E-state index is 13.7. The number of carbonyl (C=O) groups excluding carboxylic acids is 2. The quantitative estimate of drug-likeness (QED) is 0.139. The highest BCUT2D eigenvalue weighted by molar-refractivity contribution is 7.89. The number of phenols is 1. The molecular formula is C33H47N2O13PS. The maximum Gasteiger partial charge on any atom is 0.407 e. The average Bonchev–Trinajstić information content (AvgIpc) is 3.69. The van der Waals surface area contributed by atoms with Gasteiger partial charge >= 0.3 is 13.7 Å². The number of alkyl carbamates (subject to hydrolysis) is 1. The number of amides is 1. The summed E-state index contributed by atoms with van der Waals surface area (Å²) in [5, 5.41) is 24.0. The molecule has 2 fully saturated rings. The van der Waals surface area contributed by atoms with Crippen molar-refractivity contribution in [3.05, 3.63) is 54.1 Å². The number of sulfonamides is 1. The minimum absolute atomic E-state index is 0.0582. The van der Waals surface area contributed by atoms with Crippen LogP contribution in [0.2, 0.25) is 0 Å². The molecule has 0 aliphatic carbocycles. The lowest BCUT2D eigenvalue weighted by Crippen LogP contribution is -2.51. The first-order chi connectivity index (χ1) is 23.7. The van der Waals surface area contributed by atoms with E-state index in [0.717, 1.165) is 4.31 Å². The van der Waals surface area contributed by atoms with E-state index in [9.17, 15) is 32.8 Å². The molecule has 2 saturated heterocycles. The molecule has 0 bridgehead atoms.